The molecule has 2 heterocycles. The van der Waals surface area contributed by atoms with Gasteiger partial charge in [-0.05, 0) is 26.7 Å². The Hall–Kier alpha value is -1.52. The highest BCUT2D eigenvalue weighted by molar-refractivity contribution is 5.73. The van der Waals surface area contributed by atoms with E-state index in [1.165, 1.54) is 0 Å². The highest BCUT2D eigenvalue weighted by atomic mass is 16.2. The van der Waals surface area contributed by atoms with Crippen molar-refractivity contribution >= 4 is 6.03 Å². The molecule has 5 nitrogen and oxygen atoms in total. The minimum Gasteiger partial charge on any atom is -0.351 e. The van der Waals surface area contributed by atoms with Crippen molar-refractivity contribution in [2.45, 2.75) is 32.7 Å². The summed E-state index contributed by atoms with van der Waals surface area (Å²) in [4.78, 5) is 13.0. The van der Waals surface area contributed by atoms with Gasteiger partial charge in [-0.2, -0.15) is 5.10 Å². The molecule has 0 saturated carbocycles. The van der Waals surface area contributed by atoms with E-state index in [0.717, 1.165) is 36.3 Å². The van der Waals surface area contributed by atoms with E-state index in [1.807, 2.05) is 13.8 Å². The molecule has 5 heteroatoms. The number of nitrogens with two attached hydrogens (primary N) is 1. The fourth-order valence-corrected chi connectivity index (χ4v) is 2.38. The van der Waals surface area contributed by atoms with Crippen LogP contribution in [0.5, 0.6) is 0 Å². The number of primary amides is 1. The number of aromatic nitrogens is 2. The van der Waals surface area contributed by atoms with E-state index >= 15 is 0 Å². The lowest BCUT2D eigenvalue weighted by molar-refractivity contribution is 0.202. The molecule has 15 heavy (non-hydrogen) atoms. The zero-order valence-electron chi connectivity index (χ0n) is 9.08. The van der Waals surface area contributed by atoms with E-state index in [0.29, 0.717) is 0 Å². The largest absolute Gasteiger partial charge is 0.351 e. The van der Waals surface area contributed by atoms with Crippen molar-refractivity contribution in [2.24, 2.45) is 5.73 Å². The van der Waals surface area contributed by atoms with Crippen LogP contribution in [-0.2, 0) is 0 Å². The fraction of sp³-hybridized carbons (Fsp3) is 0.600. The van der Waals surface area contributed by atoms with Gasteiger partial charge in [0.2, 0.25) is 0 Å². The lowest BCUT2D eigenvalue weighted by Gasteiger charge is -2.22. The average molecular weight is 208 g/mol. The molecule has 1 aliphatic rings. The number of rotatable bonds is 1. The standard InChI is InChI=1S/C10H16N4O/c1-6-9(7(2)13-12-6)8-4-3-5-14(8)10(11)15/h8H,3-5H2,1-2H3,(H2,11,15)(H,12,13). The van der Waals surface area contributed by atoms with Crippen molar-refractivity contribution in [1.29, 1.82) is 0 Å². The molecule has 0 spiro atoms. The number of hydrogen-bond acceptors (Lipinski definition) is 2. The molecule has 0 radical (unpaired) electrons. The predicted molar refractivity (Wildman–Crippen MR) is 56.3 cm³/mol. The SMILES string of the molecule is Cc1n[nH]c(C)c1C1CCCN1C(N)=O. The maximum Gasteiger partial charge on any atom is 0.315 e. The van der Waals surface area contributed by atoms with Crippen LogP contribution in [0.15, 0.2) is 0 Å². The lowest BCUT2D eigenvalue weighted by Crippen LogP contribution is -2.35. The molecule has 1 aromatic heterocycles. The minimum absolute atomic E-state index is 0.112. The van der Waals surface area contributed by atoms with Crippen LogP contribution in [0, 0.1) is 13.8 Å². The number of carbonyl (C=O) groups is 1. The monoisotopic (exact) mass is 208 g/mol. The second-order valence-electron chi connectivity index (χ2n) is 4.04. The van der Waals surface area contributed by atoms with E-state index in [-0.39, 0.29) is 12.1 Å². The Morgan fingerprint density at radius 3 is 2.87 bits per heavy atom. The second kappa shape index (κ2) is 3.56. The number of aryl methyl sites for hydroxylation is 2. The van der Waals surface area contributed by atoms with Crippen molar-refractivity contribution < 1.29 is 4.79 Å². The summed E-state index contributed by atoms with van der Waals surface area (Å²) in [6.45, 7) is 4.69. The summed E-state index contributed by atoms with van der Waals surface area (Å²) in [5, 5.41) is 7.10. The maximum absolute atomic E-state index is 11.2. The fourth-order valence-electron chi connectivity index (χ4n) is 2.38. The summed E-state index contributed by atoms with van der Waals surface area (Å²) in [5.41, 5.74) is 8.48. The van der Waals surface area contributed by atoms with Crippen LogP contribution in [0.25, 0.3) is 0 Å². The molecule has 1 aliphatic heterocycles. The number of carbonyl (C=O) groups excluding carboxylic acids is 1. The van der Waals surface area contributed by atoms with E-state index in [2.05, 4.69) is 10.2 Å². The number of amides is 2. The van der Waals surface area contributed by atoms with Gasteiger partial charge < -0.3 is 10.6 Å². The zero-order valence-corrected chi connectivity index (χ0v) is 9.08. The van der Waals surface area contributed by atoms with Crippen LogP contribution >= 0.6 is 0 Å². The van der Waals surface area contributed by atoms with Gasteiger partial charge in [-0.15, -0.1) is 0 Å². The van der Waals surface area contributed by atoms with Gasteiger partial charge in [-0.1, -0.05) is 0 Å². The van der Waals surface area contributed by atoms with E-state index < -0.39 is 0 Å². The molecule has 0 aromatic carbocycles. The smallest absolute Gasteiger partial charge is 0.315 e. The quantitative estimate of drug-likeness (QED) is 0.728. The highest BCUT2D eigenvalue weighted by Crippen LogP contribution is 2.34. The second-order valence-corrected chi connectivity index (χ2v) is 4.04. The van der Waals surface area contributed by atoms with E-state index in [4.69, 9.17) is 5.73 Å². The summed E-state index contributed by atoms with van der Waals surface area (Å²) in [6.07, 6.45) is 1.99. The third-order valence-electron chi connectivity index (χ3n) is 3.05. The maximum atomic E-state index is 11.2. The van der Waals surface area contributed by atoms with Crippen LogP contribution in [-0.4, -0.2) is 27.7 Å². The van der Waals surface area contributed by atoms with Crippen LogP contribution in [0.3, 0.4) is 0 Å². The van der Waals surface area contributed by atoms with Gasteiger partial charge in [0, 0.05) is 17.8 Å². The molecule has 1 fully saturated rings. The first-order chi connectivity index (χ1) is 7.11. The number of hydrogen-bond donors (Lipinski definition) is 2. The van der Waals surface area contributed by atoms with Gasteiger partial charge >= 0.3 is 6.03 Å². The highest BCUT2D eigenvalue weighted by Gasteiger charge is 2.31. The van der Waals surface area contributed by atoms with Crippen LogP contribution in [0.2, 0.25) is 0 Å². The first-order valence-corrected chi connectivity index (χ1v) is 5.18. The molecule has 0 bridgehead atoms. The summed E-state index contributed by atoms with van der Waals surface area (Å²) >= 11 is 0. The Kier molecular flexibility index (Phi) is 2.38. The summed E-state index contributed by atoms with van der Waals surface area (Å²) in [7, 11) is 0. The molecule has 1 saturated heterocycles. The number of H-pyrrole nitrogens is 1. The van der Waals surface area contributed by atoms with Crippen LogP contribution in [0.4, 0.5) is 4.79 Å². The van der Waals surface area contributed by atoms with Gasteiger partial charge in [0.15, 0.2) is 0 Å². The third-order valence-corrected chi connectivity index (χ3v) is 3.05. The first-order valence-electron chi connectivity index (χ1n) is 5.18. The Balaban J connectivity index is 2.34. The third kappa shape index (κ3) is 1.58. The van der Waals surface area contributed by atoms with Gasteiger partial charge in [-0.3, -0.25) is 5.10 Å². The van der Waals surface area contributed by atoms with Crippen LogP contribution in [0.1, 0.15) is 35.8 Å². The van der Waals surface area contributed by atoms with Gasteiger partial charge in [0.1, 0.15) is 0 Å². The molecule has 3 N–H and O–H groups in total. The first kappa shape index (κ1) is 10.0. The lowest BCUT2D eigenvalue weighted by atomic mass is 10.0. The molecular weight excluding hydrogens is 192 g/mol. The number of nitrogens with one attached hydrogen (secondary N) is 1. The number of nitrogens with zero attached hydrogens (tertiary/aromatic N) is 2. The van der Waals surface area contributed by atoms with Crippen LogP contribution < -0.4 is 5.73 Å². The van der Waals surface area contributed by atoms with Crippen molar-refractivity contribution in [3.05, 3.63) is 17.0 Å². The van der Waals surface area contributed by atoms with Gasteiger partial charge in [0.05, 0.1) is 11.7 Å². The summed E-state index contributed by atoms with van der Waals surface area (Å²) in [5.74, 6) is 0. The topological polar surface area (TPSA) is 75.0 Å². The van der Waals surface area contributed by atoms with Crippen molar-refractivity contribution in [1.82, 2.24) is 15.1 Å². The van der Waals surface area contributed by atoms with E-state index in [9.17, 15) is 4.79 Å². The number of likely N-dealkylation sites (tertiary alicyclic amines) is 1. The molecule has 0 aliphatic carbocycles. The van der Waals surface area contributed by atoms with Crippen molar-refractivity contribution in [2.75, 3.05) is 6.54 Å². The zero-order chi connectivity index (χ0) is 11.0. The molecule has 1 atom stereocenters. The predicted octanol–water partition coefficient (Wildman–Crippen LogP) is 1.24. The Morgan fingerprint density at radius 1 is 1.60 bits per heavy atom. The normalized spacial score (nSPS) is 20.9. The number of urea groups is 1. The Morgan fingerprint density at radius 2 is 2.33 bits per heavy atom. The van der Waals surface area contributed by atoms with Crippen molar-refractivity contribution in [3.8, 4) is 0 Å². The van der Waals surface area contributed by atoms with E-state index in [1.54, 1.807) is 4.90 Å². The molecule has 2 amide bonds. The molecule has 82 valence electrons. The Labute approximate surface area is 88.6 Å². The average Bonchev–Trinajstić information content (AvgIpc) is 2.73. The molecule has 2 rings (SSSR count). The number of aromatic amines is 1. The van der Waals surface area contributed by atoms with Crippen molar-refractivity contribution in [3.63, 3.8) is 0 Å². The molecule has 1 unspecified atom stereocenters. The minimum atomic E-state index is -0.336. The Bertz CT molecular complexity index is 365. The van der Waals surface area contributed by atoms with Gasteiger partial charge in [0.25, 0.3) is 0 Å². The summed E-state index contributed by atoms with van der Waals surface area (Å²) < 4.78 is 0. The van der Waals surface area contributed by atoms with Gasteiger partial charge in [-0.25, -0.2) is 4.79 Å². The molecular formula is C10H16N4O. The summed E-state index contributed by atoms with van der Waals surface area (Å²) in [6, 6.07) is -0.223. The molecule has 1 aromatic rings.